The highest BCUT2D eigenvalue weighted by molar-refractivity contribution is 5.84. The summed E-state index contributed by atoms with van der Waals surface area (Å²) in [5, 5.41) is 10.9. The van der Waals surface area contributed by atoms with E-state index in [0.29, 0.717) is 13.0 Å². The normalized spacial score (nSPS) is 10.4. The Hall–Kier alpha value is -2.86. The number of nitriles is 1. The molecule has 0 saturated carbocycles. The molecule has 0 aliphatic rings. The van der Waals surface area contributed by atoms with Gasteiger partial charge >= 0.3 is 0 Å². The first-order valence-corrected chi connectivity index (χ1v) is 7.78. The molecular formula is C20H18N2O. The van der Waals surface area contributed by atoms with Gasteiger partial charge in [0.1, 0.15) is 5.75 Å². The van der Waals surface area contributed by atoms with Gasteiger partial charge < -0.3 is 4.74 Å². The van der Waals surface area contributed by atoms with Crippen LogP contribution in [0.2, 0.25) is 0 Å². The van der Waals surface area contributed by atoms with E-state index in [2.05, 4.69) is 35.3 Å². The first-order valence-electron chi connectivity index (χ1n) is 7.78. The van der Waals surface area contributed by atoms with Gasteiger partial charge in [-0.2, -0.15) is 5.26 Å². The zero-order chi connectivity index (χ0) is 15.9. The topological polar surface area (TPSA) is 45.9 Å². The molecule has 114 valence electrons. The maximum Gasteiger partial charge on any atom is 0.119 e. The molecule has 3 nitrogen and oxygen atoms in total. The third kappa shape index (κ3) is 3.87. The molecule has 1 heterocycles. The van der Waals surface area contributed by atoms with Crippen molar-refractivity contribution >= 4 is 10.8 Å². The van der Waals surface area contributed by atoms with Crippen molar-refractivity contribution in [2.24, 2.45) is 0 Å². The Labute approximate surface area is 136 Å². The van der Waals surface area contributed by atoms with Crippen LogP contribution in [0.25, 0.3) is 10.8 Å². The van der Waals surface area contributed by atoms with Gasteiger partial charge in [-0.15, -0.1) is 0 Å². The van der Waals surface area contributed by atoms with Gasteiger partial charge in [-0.3, -0.25) is 4.98 Å². The summed E-state index contributed by atoms with van der Waals surface area (Å²) in [6, 6.07) is 20.6. The molecule has 3 aromatic rings. The molecule has 0 fully saturated rings. The number of unbranched alkanes of at least 4 members (excludes halogenated alkanes) is 1. The molecule has 0 aliphatic carbocycles. The average molecular weight is 302 g/mol. The molecule has 0 saturated heterocycles. The van der Waals surface area contributed by atoms with E-state index in [1.807, 2.05) is 36.5 Å². The second-order valence-corrected chi connectivity index (χ2v) is 5.41. The standard InChI is InChI=1S/C20H18N2O/c21-12-3-4-14-23-18-9-7-16(8-10-18)15-20-19-6-2-1-5-17(19)11-13-22-20/h1-2,5-11,13H,3-4,14-15H2. The lowest BCUT2D eigenvalue weighted by Gasteiger charge is -2.08. The Morgan fingerprint density at radius 2 is 1.83 bits per heavy atom. The van der Waals surface area contributed by atoms with Crippen LogP contribution in [-0.2, 0) is 6.42 Å². The van der Waals surface area contributed by atoms with Crippen LogP contribution in [0.4, 0.5) is 0 Å². The predicted octanol–water partition coefficient (Wildman–Crippen LogP) is 4.51. The summed E-state index contributed by atoms with van der Waals surface area (Å²) in [7, 11) is 0. The van der Waals surface area contributed by atoms with Crippen molar-refractivity contribution in [1.29, 1.82) is 5.26 Å². The van der Waals surface area contributed by atoms with Crippen LogP contribution in [0.3, 0.4) is 0 Å². The minimum atomic E-state index is 0.533. The Bertz CT molecular complexity index is 814. The number of ether oxygens (including phenoxy) is 1. The molecule has 0 unspecified atom stereocenters. The van der Waals surface area contributed by atoms with E-state index in [-0.39, 0.29) is 0 Å². The molecule has 0 bridgehead atoms. The van der Waals surface area contributed by atoms with Crippen molar-refractivity contribution in [3.8, 4) is 11.8 Å². The fraction of sp³-hybridized carbons (Fsp3) is 0.200. The number of rotatable bonds is 6. The van der Waals surface area contributed by atoms with Gasteiger partial charge in [0.05, 0.1) is 18.4 Å². The van der Waals surface area contributed by atoms with E-state index < -0.39 is 0 Å². The maximum absolute atomic E-state index is 8.50. The van der Waals surface area contributed by atoms with Gasteiger partial charge in [-0.1, -0.05) is 36.4 Å². The van der Waals surface area contributed by atoms with Gasteiger partial charge in [-0.05, 0) is 35.6 Å². The van der Waals surface area contributed by atoms with E-state index in [1.54, 1.807) is 0 Å². The van der Waals surface area contributed by atoms with Crippen LogP contribution < -0.4 is 4.74 Å². The van der Waals surface area contributed by atoms with Crippen LogP contribution >= 0.6 is 0 Å². The summed E-state index contributed by atoms with van der Waals surface area (Å²) in [5.74, 6) is 0.845. The van der Waals surface area contributed by atoms with E-state index >= 15 is 0 Å². The van der Waals surface area contributed by atoms with E-state index in [9.17, 15) is 0 Å². The van der Waals surface area contributed by atoms with Crippen LogP contribution in [0, 0.1) is 11.3 Å². The van der Waals surface area contributed by atoms with Crippen LogP contribution in [0.5, 0.6) is 5.75 Å². The lowest BCUT2D eigenvalue weighted by atomic mass is 10.0. The second kappa shape index (κ2) is 7.42. The summed E-state index contributed by atoms with van der Waals surface area (Å²) in [6.07, 6.45) is 3.96. The predicted molar refractivity (Wildman–Crippen MR) is 91.3 cm³/mol. The van der Waals surface area contributed by atoms with E-state index in [1.165, 1.54) is 16.3 Å². The fourth-order valence-electron chi connectivity index (χ4n) is 2.56. The van der Waals surface area contributed by atoms with Crippen molar-refractivity contribution in [2.75, 3.05) is 6.61 Å². The van der Waals surface area contributed by atoms with Gasteiger partial charge in [0, 0.05) is 24.4 Å². The molecule has 3 heteroatoms. The summed E-state index contributed by atoms with van der Waals surface area (Å²) in [4.78, 5) is 4.53. The quantitative estimate of drug-likeness (QED) is 0.629. The number of pyridine rings is 1. The van der Waals surface area contributed by atoms with E-state index in [4.69, 9.17) is 10.00 Å². The van der Waals surface area contributed by atoms with Crippen LogP contribution in [0.15, 0.2) is 60.8 Å². The highest BCUT2D eigenvalue weighted by Gasteiger charge is 2.04. The number of fused-ring (bicyclic) bond motifs is 1. The Morgan fingerprint density at radius 3 is 2.65 bits per heavy atom. The van der Waals surface area contributed by atoms with Gasteiger partial charge in [0.25, 0.3) is 0 Å². The minimum Gasteiger partial charge on any atom is -0.494 e. The summed E-state index contributed by atoms with van der Waals surface area (Å²) < 4.78 is 5.62. The number of hydrogen-bond acceptors (Lipinski definition) is 3. The lowest BCUT2D eigenvalue weighted by Crippen LogP contribution is -1.97. The molecule has 3 rings (SSSR count). The van der Waals surface area contributed by atoms with Crippen LogP contribution in [-0.4, -0.2) is 11.6 Å². The van der Waals surface area contributed by atoms with Gasteiger partial charge in [-0.25, -0.2) is 0 Å². The maximum atomic E-state index is 8.50. The summed E-state index contributed by atoms with van der Waals surface area (Å²) in [5.41, 5.74) is 2.30. The van der Waals surface area contributed by atoms with Crippen molar-refractivity contribution in [1.82, 2.24) is 4.98 Å². The highest BCUT2D eigenvalue weighted by Crippen LogP contribution is 2.20. The third-order valence-corrected chi connectivity index (χ3v) is 3.75. The smallest absolute Gasteiger partial charge is 0.119 e. The molecule has 2 aromatic carbocycles. The molecule has 0 radical (unpaired) electrons. The van der Waals surface area contributed by atoms with Gasteiger partial charge in [0.2, 0.25) is 0 Å². The molecule has 0 aliphatic heterocycles. The first-order chi connectivity index (χ1) is 11.4. The Balaban J connectivity index is 1.69. The fourth-order valence-corrected chi connectivity index (χ4v) is 2.56. The Morgan fingerprint density at radius 1 is 1.00 bits per heavy atom. The SMILES string of the molecule is N#CCCCOc1ccc(Cc2nccc3ccccc23)cc1. The number of nitrogens with zero attached hydrogens (tertiary/aromatic N) is 2. The van der Waals surface area contributed by atoms with Gasteiger partial charge in [0.15, 0.2) is 0 Å². The van der Waals surface area contributed by atoms with E-state index in [0.717, 1.165) is 24.3 Å². The molecule has 0 N–H and O–H groups in total. The minimum absolute atomic E-state index is 0.533. The molecule has 0 spiro atoms. The zero-order valence-electron chi connectivity index (χ0n) is 12.9. The third-order valence-electron chi connectivity index (χ3n) is 3.75. The second-order valence-electron chi connectivity index (χ2n) is 5.41. The summed E-state index contributed by atoms with van der Waals surface area (Å²) >= 11 is 0. The van der Waals surface area contributed by atoms with Crippen LogP contribution in [0.1, 0.15) is 24.1 Å². The number of hydrogen-bond donors (Lipinski definition) is 0. The monoisotopic (exact) mass is 302 g/mol. The Kier molecular flexibility index (Phi) is 4.85. The largest absolute Gasteiger partial charge is 0.494 e. The zero-order valence-corrected chi connectivity index (χ0v) is 12.9. The van der Waals surface area contributed by atoms with Crippen molar-refractivity contribution in [3.63, 3.8) is 0 Å². The summed E-state index contributed by atoms with van der Waals surface area (Å²) in [6.45, 7) is 0.581. The molecule has 0 amide bonds. The average Bonchev–Trinajstić information content (AvgIpc) is 2.60. The highest BCUT2D eigenvalue weighted by atomic mass is 16.5. The van der Waals surface area contributed by atoms with Crippen molar-refractivity contribution in [2.45, 2.75) is 19.3 Å². The molecular weight excluding hydrogens is 284 g/mol. The van der Waals surface area contributed by atoms with Crippen molar-refractivity contribution < 1.29 is 4.74 Å². The number of aromatic nitrogens is 1. The number of benzene rings is 2. The lowest BCUT2D eigenvalue weighted by molar-refractivity contribution is 0.312. The molecule has 1 aromatic heterocycles. The molecule has 0 atom stereocenters. The first kappa shape index (κ1) is 15.1. The molecule has 23 heavy (non-hydrogen) atoms. The van der Waals surface area contributed by atoms with Crippen molar-refractivity contribution in [3.05, 3.63) is 72.1 Å².